The monoisotopic (exact) mass is 451 g/mol. The van der Waals surface area contributed by atoms with E-state index in [1.54, 1.807) is 16.3 Å². The number of rotatable bonds is 7. The number of amides is 1. The minimum atomic E-state index is -0.194. The third-order valence-electron chi connectivity index (χ3n) is 6.33. The molecule has 0 unspecified atom stereocenters. The van der Waals surface area contributed by atoms with Crippen molar-refractivity contribution in [2.75, 3.05) is 46.3 Å². The summed E-state index contributed by atoms with van der Waals surface area (Å²) >= 11 is 0. The summed E-state index contributed by atoms with van der Waals surface area (Å²) in [5, 5.41) is 7.60. The zero-order valence-electron chi connectivity index (χ0n) is 20.0. The Balaban J connectivity index is 1.42. The van der Waals surface area contributed by atoms with Gasteiger partial charge in [-0.25, -0.2) is 9.67 Å². The molecule has 0 saturated carbocycles. The van der Waals surface area contributed by atoms with Crippen molar-refractivity contribution in [2.24, 2.45) is 7.05 Å². The number of hydrogen-bond donors (Lipinski definition) is 1. The van der Waals surface area contributed by atoms with Crippen LogP contribution in [0.15, 0.2) is 29.1 Å². The molecular formula is C24H33N7O2. The molecule has 0 bridgehead atoms. The SMILES string of the molecule is Cc1ccc(-n2nc(C)c3nc(CCC(=O)NCCN4CCN(C)CC4)c(=O)n(C)c32)cc1. The third kappa shape index (κ3) is 5.15. The zero-order valence-corrected chi connectivity index (χ0v) is 20.0. The van der Waals surface area contributed by atoms with E-state index < -0.39 is 0 Å². The maximum absolute atomic E-state index is 13.0. The van der Waals surface area contributed by atoms with Crippen LogP contribution >= 0.6 is 0 Å². The summed E-state index contributed by atoms with van der Waals surface area (Å²) in [7, 11) is 3.86. The van der Waals surface area contributed by atoms with Gasteiger partial charge in [-0.15, -0.1) is 0 Å². The Kier molecular flexibility index (Phi) is 6.90. The van der Waals surface area contributed by atoms with E-state index in [9.17, 15) is 9.59 Å². The highest BCUT2D eigenvalue weighted by molar-refractivity contribution is 5.77. The Labute approximate surface area is 194 Å². The van der Waals surface area contributed by atoms with Crippen molar-refractivity contribution in [3.63, 3.8) is 0 Å². The fourth-order valence-corrected chi connectivity index (χ4v) is 4.19. The molecule has 1 aromatic carbocycles. The number of aromatic nitrogens is 4. The minimum absolute atomic E-state index is 0.0554. The Morgan fingerprint density at radius 3 is 2.45 bits per heavy atom. The van der Waals surface area contributed by atoms with Crippen molar-refractivity contribution in [1.29, 1.82) is 0 Å². The lowest BCUT2D eigenvalue weighted by Gasteiger charge is -2.32. The molecule has 1 aliphatic rings. The van der Waals surface area contributed by atoms with Crippen LogP contribution in [-0.4, -0.2) is 81.4 Å². The first-order valence-corrected chi connectivity index (χ1v) is 11.5. The fourth-order valence-electron chi connectivity index (χ4n) is 4.19. The summed E-state index contributed by atoms with van der Waals surface area (Å²) in [6.07, 6.45) is 0.541. The molecule has 0 atom stereocenters. The molecule has 33 heavy (non-hydrogen) atoms. The predicted octanol–water partition coefficient (Wildman–Crippen LogP) is 1.03. The number of piperazine rings is 1. The van der Waals surface area contributed by atoms with E-state index in [0.29, 0.717) is 29.8 Å². The summed E-state index contributed by atoms with van der Waals surface area (Å²) in [5.74, 6) is -0.0554. The molecule has 0 aliphatic carbocycles. The average molecular weight is 452 g/mol. The minimum Gasteiger partial charge on any atom is -0.355 e. The van der Waals surface area contributed by atoms with Crippen molar-refractivity contribution >= 4 is 17.1 Å². The Morgan fingerprint density at radius 1 is 1.06 bits per heavy atom. The van der Waals surface area contributed by atoms with Crippen molar-refractivity contribution in [2.45, 2.75) is 26.7 Å². The molecule has 3 aromatic rings. The first-order chi connectivity index (χ1) is 15.8. The quantitative estimate of drug-likeness (QED) is 0.577. The van der Waals surface area contributed by atoms with E-state index in [4.69, 9.17) is 0 Å². The van der Waals surface area contributed by atoms with Crippen LogP contribution in [0.1, 0.15) is 23.4 Å². The van der Waals surface area contributed by atoms with Crippen LogP contribution in [0.4, 0.5) is 0 Å². The second-order valence-electron chi connectivity index (χ2n) is 8.92. The number of nitrogens with zero attached hydrogens (tertiary/aromatic N) is 6. The van der Waals surface area contributed by atoms with Crippen LogP contribution in [-0.2, 0) is 18.3 Å². The smallest absolute Gasteiger partial charge is 0.273 e. The molecule has 176 valence electrons. The average Bonchev–Trinajstić information content (AvgIpc) is 3.13. The molecule has 0 radical (unpaired) electrons. The lowest BCUT2D eigenvalue weighted by atomic mass is 10.2. The number of benzene rings is 1. The van der Waals surface area contributed by atoms with Crippen LogP contribution < -0.4 is 10.9 Å². The summed E-state index contributed by atoms with van der Waals surface area (Å²) in [4.78, 5) is 34.7. The molecule has 9 nitrogen and oxygen atoms in total. The fraction of sp³-hybridized carbons (Fsp3) is 0.500. The summed E-state index contributed by atoms with van der Waals surface area (Å²) in [6.45, 7) is 9.57. The largest absolute Gasteiger partial charge is 0.355 e. The molecular weight excluding hydrogens is 418 g/mol. The predicted molar refractivity (Wildman–Crippen MR) is 129 cm³/mol. The van der Waals surface area contributed by atoms with E-state index in [0.717, 1.165) is 49.7 Å². The molecule has 1 amide bonds. The van der Waals surface area contributed by atoms with Gasteiger partial charge >= 0.3 is 0 Å². The van der Waals surface area contributed by atoms with E-state index >= 15 is 0 Å². The number of hydrogen-bond acceptors (Lipinski definition) is 6. The van der Waals surface area contributed by atoms with E-state index in [-0.39, 0.29) is 17.9 Å². The van der Waals surface area contributed by atoms with Gasteiger partial charge in [0.15, 0.2) is 5.65 Å². The van der Waals surface area contributed by atoms with Crippen molar-refractivity contribution in [3.05, 3.63) is 51.6 Å². The first kappa shape index (κ1) is 23.1. The Hall–Kier alpha value is -3.04. The molecule has 0 spiro atoms. The van der Waals surface area contributed by atoms with Gasteiger partial charge in [-0.3, -0.25) is 19.1 Å². The number of fused-ring (bicyclic) bond motifs is 1. The van der Waals surface area contributed by atoms with Gasteiger partial charge in [0.25, 0.3) is 5.56 Å². The number of nitrogens with one attached hydrogen (secondary N) is 1. The Bertz CT molecular complexity index is 1190. The second-order valence-corrected chi connectivity index (χ2v) is 8.92. The second kappa shape index (κ2) is 9.84. The molecule has 1 saturated heterocycles. The van der Waals surface area contributed by atoms with E-state index in [2.05, 4.69) is 32.2 Å². The van der Waals surface area contributed by atoms with E-state index in [1.807, 2.05) is 38.1 Å². The van der Waals surface area contributed by atoms with Crippen LogP contribution in [0, 0.1) is 13.8 Å². The van der Waals surface area contributed by atoms with Gasteiger partial charge in [0, 0.05) is 59.2 Å². The van der Waals surface area contributed by atoms with Gasteiger partial charge in [-0.05, 0) is 33.0 Å². The maximum Gasteiger partial charge on any atom is 0.273 e. The highest BCUT2D eigenvalue weighted by Crippen LogP contribution is 2.19. The number of likely N-dealkylation sites (N-methyl/N-ethyl adjacent to an activating group) is 1. The first-order valence-electron chi connectivity index (χ1n) is 11.5. The van der Waals surface area contributed by atoms with Gasteiger partial charge < -0.3 is 10.2 Å². The maximum atomic E-state index is 13.0. The molecule has 1 N–H and O–H groups in total. The summed E-state index contributed by atoms with van der Waals surface area (Å²) < 4.78 is 3.34. The normalized spacial score (nSPS) is 15.3. The molecule has 1 fully saturated rings. The molecule has 1 aliphatic heterocycles. The zero-order chi connectivity index (χ0) is 23.5. The standard InChI is InChI=1S/C24H33N7O2/c1-17-5-7-19(8-6-17)31-23-22(18(2)27-31)26-20(24(33)29(23)4)9-10-21(32)25-11-12-30-15-13-28(3)14-16-30/h5-8H,9-16H2,1-4H3,(H,25,32). The van der Waals surface area contributed by atoms with Crippen LogP contribution in [0.2, 0.25) is 0 Å². The molecule has 2 aromatic heterocycles. The highest BCUT2D eigenvalue weighted by Gasteiger charge is 2.18. The summed E-state index contributed by atoms with van der Waals surface area (Å²) in [6, 6.07) is 7.99. The van der Waals surface area contributed by atoms with Crippen molar-refractivity contribution < 1.29 is 4.79 Å². The van der Waals surface area contributed by atoms with Crippen molar-refractivity contribution in [1.82, 2.24) is 34.4 Å². The van der Waals surface area contributed by atoms with E-state index in [1.165, 1.54) is 0 Å². The van der Waals surface area contributed by atoms with Gasteiger partial charge in [0.1, 0.15) is 11.2 Å². The van der Waals surface area contributed by atoms with Crippen LogP contribution in [0.5, 0.6) is 0 Å². The van der Waals surface area contributed by atoms with Gasteiger partial charge in [0.2, 0.25) is 5.91 Å². The van der Waals surface area contributed by atoms with Crippen LogP contribution in [0.3, 0.4) is 0 Å². The lowest BCUT2D eigenvalue weighted by molar-refractivity contribution is -0.121. The highest BCUT2D eigenvalue weighted by atomic mass is 16.1. The molecule has 3 heterocycles. The Morgan fingerprint density at radius 2 is 1.76 bits per heavy atom. The van der Waals surface area contributed by atoms with Crippen molar-refractivity contribution in [3.8, 4) is 5.69 Å². The summed E-state index contributed by atoms with van der Waals surface area (Å²) in [5.41, 5.74) is 4.32. The van der Waals surface area contributed by atoms with Gasteiger partial charge in [-0.1, -0.05) is 17.7 Å². The van der Waals surface area contributed by atoms with Gasteiger partial charge in [0.05, 0.1) is 11.4 Å². The van der Waals surface area contributed by atoms with Gasteiger partial charge in [-0.2, -0.15) is 5.10 Å². The third-order valence-corrected chi connectivity index (χ3v) is 6.33. The topological polar surface area (TPSA) is 88.3 Å². The van der Waals surface area contributed by atoms with Crippen LogP contribution in [0.25, 0.3) is 16.9 Å². The number of carbonyl (C=O) groups is 1. The molecule has 9 heteroatoms. The molecule has 4 rings (SSSR count). The lowest BCUT2D eigenvalue weighted by Crippen LogP contribution is -2.46. The number of aryl methyl sites for hydroxylation is 4. The number of carbonyl (C=O) groups excluding carboxylic acids is 1.